The number of nitrogens with one attached hydrogen (secondary N) is 1. The zero-order chi connectivity index (χ0) is 13.7. The second-order valence-corrected chi connectivity index (χ2v) is 6.77. The minimum atomic E-state index is 0.253. The normalized spacial score (nSPS) is 12.2. The Balaban J connectivity index is 1.95. The zero-order valence-electron chi connectivity index (χ0n) is 11.2. The number of benzene rings is 1. The molecule has 0 saturated carbocycles. The summed E-state index contributed by atoms with van der Waals surface area (Å²) in [5.41, 5.74) is 2.37. The van der Waals surface area contributed by atoms with Crippen molar-refractivity contribution in [3.05, 3.63) is 45.1 Å². The van der Waals surface area contributed by atoms with Gasteiger partial charge in [-0.2, -0.15) is 0 Å². The van der Waals surface area contributed by atoms with E-state index in [1.807, 2.05) is 18.2 Å². The number of hydrogen-bond donors (Lipinski definition) is 1. The lowest BCUT2D eigenvalue weighted by Crippen LogP contribution is -2.09. The molecule has 1 heterocycles. The highest BCUT2D eigenvalue weighted by atomic mass is 79.9. The summed E-state index contributed by atoms with van der Waals surface area (Å²) in [6.45, 7) is 5.04. The summed E-state index contributed by atoms with van der Waals surface area (Å²) >= 11 is 5.18. The first-order valence-electron chi connectivity index (χ1n) is 6.41. The summed E-state index contributed by atoms with van der Waals surface area (Å²) in [5, 5.41) is 5.56. The van der Waals surface area contributed by atoms with Gasteiger partial charge in [-0.05, 0) is 58.4 Å². The third kappa shape index (κ3) is 4.55. The van der Waals surface area contributed by atoms with Crippen molar-refractivity contribution in [1.82, 2.24) is 0 Å². The summed E-state index contributed by atoms with van der Waals surface area (Å²) in [7, 11) is 0. The molecule has 1 aromatic heterocycles. The number of halogens is 1. The Morgan fingerprint density at radius 1 is 1.37 bits per heavy atom. The van der Waals surface area contributed by atoms with E-state index in [-0.39, 0.29) is 6.10 Å². The number of anilines is 1. The Bertz CT molecular complexity index is 526. The SMILES string of the molecule is CCC(C)Oc1cccc(NCc2csc(Br)c2)c1. The minimum absolute atomic E-state index is 0.253. The van der Waals surface area contributed by atoms with Gasteiger partial charge in [0.2, 0.25) is 0 Å². The lowest BCUT2D eigenvalue weighted by Gasteiger charge is -2.13. The summed E-state index contributed by atoms with van der Waals surface area (Å²) in [5.74, 6) is 0.922. The summed E-state index contributed by atoms with van der Waals surface area (Å²) in [6.07, 6.45) is 1.27. The van der Waals surface area contributed by atoms with Crippen molar-refractivity contribution in [2.45, 2.75) is 32.9 Å². The monoisotopic (exact) mass is 339 g/mol. The van der Waals surface area contributed by atoms with Crippen LogP contribution in [0.1, 0.15) is 25.8 Å². The molecule has 1 unspecified atom stereocenters. The second-order valence-electron chi connectivity index (χ2n) is 4.48. The van der Waals surface area contributed by atoms with E-state index in [9.17, 15) is 0 Å². The molecule has 2 rings (SSSR count). The molecule has 4 heteroatoms. The van der Waals surface area contributed by atoms with Crippen LogP contribution in [0, 0.1) is 0 Å². The van der Waals surface area contributed by atoms with E-state index in [2.05, 4.69) is 52.6 Å². The molecule has 0 radical (unpaired) electrons. The predicted molar refractivity (Wildman–Crippen MR) is 86.2 cm³/mol. The van der Waals surface area contributed by atoms with E-state index in [0.29, 0.717) is 0 Å². The molecule has 0 spiro atoms. The lowest BCUT2D eigenvalue weighted by atomic mass is 10.2. The van der Waals surface area contributed by atoms with Crippen molar-refractivity contribution in [2.24, 2.45) is 0 Å². The Kier molecular flexibility index (Phi) is 5.28. The van der Waals surface area contributed by atoms with Crippen LogP contribution in [-0.4, -0.2) is 6.10 Å². The van der Waals surface area contributed by atoms with Crippen molar-refractivity contribution >= 4 is 33.0 Å². The number of rotatable bonds is 6. The van der Waals surface area contributed by atoms with Crippen LogP contribution >= 0.6 is 27.3 Å². The molecule has 0 amide bonds. The van der Waals surface area contributed by atoms with Gasteiger partial charge >= 0.3 is 0 Å². The van der Waals surface area contributed by atoms with E-state index in [1.54, 1.807) is 11.3 Å². The van der Waals surface area contributed by atoms with Crippen molar-refractivity contribution in [3.63, 3.8) is 0 Å². The number of ether oxygens (including phenoxy) is 1. The van der Waals surface area contributed by atoms with E-state index in [0.717, 1.165) is 28.2 Å². The van der Waals surface area contributed by atoms with Gasteiger partial charge in [-0.25, -0.2) is 0 Å². The third-order valence-corrected chi connectivity index (χ3v) is 4.42. The fraction of sp³-hybridized carbons (Fsp3) is 0.333. The largest absolute Gasteiger partial charge is 0.491 e. The average molecular weight is 340 g/mol. The van der Waals surface area contributed by atoms with E-state index in [4.69, 9.17) is 4.74 Å². The maximum absolute atomic E-state index is 5.81. The maximum atomic E-state index is 5.81. The van der Waals surface area contributed by atoms with E-state index >= 15 is 0 Å². The summed E-state index contributed by atoms with van der Waals surface area (Å²) in [6, 6.07) is 10.3. The van der Waals surface area contributed by atoms with Crippen LogP contribution in [0.2, 0.25) is 0 Å². The van der Waals surface area contributed by atoms with Crippen LogP contribution < -0.4 is 10.1 Å². The van der Waals surface area contributed by atoms with Gasteiger partial charge in [-0.3, -0.25) is 0 Å². The Labute approximate surface area is 126 Å². The lowest BCUT2D eigenvalue weighted by molar-refractivity contribution is 0.217. The zero-order valence-corrected chi connectivity index (χ0v) is 13.6. The van der Waals surface area contributed by atoms with E-state index < -0.39 is 0 Å². The molecular formula is C15H18BrNOS. The topological polar surface area (TPSA) is 21.3 Å². The van der Waals surface area contributed by atoms with Gasteiger partial charge in [0.25, 0.3) is 0 Å². The first-order chi connectivity index (χ1) is 9.17. The average Bonchev–Trinajstić information content (AvgIpc) is 2.82. The van der Waals surface area contributed by atoms with Crippen LogP contribution in [0.15, 0.2) is 39.5 Å². The fourth-order valence-electron chi connectivity index (χ4n) is 1.64. The highest BCUT2D eigenvalue weighted by Gasteiger charge is 2.02. The molecule has 0 aliphatic carbocycles. The highest BCUT2D eigenvalue weighted by molar-refractivity contribution is 9.11. The fourth-order valence-corrected chi connectivity index (χ4v) is 2.85. The molecule has 0 aliphatic rings. The van der Waals surface area contributed by atoms with Gasteiger partial charge in [0.1, 0.15) is 5.75 Å². The van der Waals surface area contributed by atoms with Crippen LogP contribution in [0.25, 0.3) is 0 Å². The van der Waals surface area contributed by atoms with Crippen molar-refractivity contribution in [3.8, 4) is 5.75 Å². The van der Waals surface area contributed by atoms with Gasteiger partial charge in [-0.15, -0.1) is 11.3 Å². The predicted octanol–water partition coefficient (Wildman–Crippen LogP) is 5.30. The first kappa shape index (κ1) is 14.4. The van der Waals surface area contributed by atoms with Crippen molar-refractivity contribution in [2.75, 3.05) is 5.32 Å². The van der Waals surface area contributed by atoms with Crippen LogP contribution in [-0.2, 0) is 6.54 Å². The Morgan fingerprint density at radius 2 is 2.21 bits per heavy atom. The molecule has 1 aromatic carbocycles. The van der Waals surface area contributed by atoms with Gasteiger partial charge in [0, 0.05) is 18.3 Å². The summed E-state index contributed by atoms with van der Waals surface area (Å²) < 4.78 is 6.98. The van der Waals surface area contributed by atoms with Crippen molar-refractivity contribution < 1.29 is 4.74 Å². The van der Waals surface area contributed by atoms with E-state index in [1.165, 1.54) is 5.56 Å². The molecule has 1 atom stereocenters. The van der Waals surface area contributed by atoms with Gasteiger partial charge < -0.3 is 10.1 Å². The Morgan fingerprint density at radius 3 is 2.89 bits per heavy atom. The molecule has 2 nitrogen and oxygen atoms in total. The molecule has 102 valence electrons. The van der Waals surface area contributed by atoms with Crippen LogP contribution in [0.3, 0.4) is 0 Å². The third-order valence-electron chi connectivity index (χ3n) is 2.86. The van der Waals surface area contributed by atoms with Gasteiger partial charge in [0.15, 0.2) is 0 Å². The van der Waals surface area contributed by atoms with Gasteiger partial charge in [-0.1, -0.05) is 13.0 Å². The van der Waals surface area contributed by atoms with Crippen LogP contribution in [0.4, 0.5) is 5.69 Å². The quantitative estimate of drug-likeness (QED) is 0.770. The second kappa shape index (κ2) is 6.96. The first-order valence-corrected chi connectivity index (χ1v) is 8.08. The van der Waals surface area contributed by atoms with Gasteiger partial charge in [0.05, 0.1) is 9.89 Å². The highest BCUT2D eigenvalue weighted by Crippen LogP contribution is 2.23. The minimum Gasteiger partial charge on any atom is -0.491 e. The molecule has 2 aromatic rings. The molecular weight excluding hydrogens is 322 g/mol. The standard InChI is InChI=1S/C15H18BrNOS/c1-3-11(2)18-14-6-4-5-13(8-14)17-9-12-7-15(16)19-10-12/h4-8,10-11,17H,3,9H2,1-2H3. The van der Waals surface area contributed by atoms with Crippen molar-refractivity contribution in [1.29, 1.82) is 0 Å². The summed E-state index contributed by atoms with van der Waals surface area (Å²) in [4.78, 5) is 0. The molecule has 0 saturated heterocycles. The smallest absolute Gasteiger partial charge is 0.121 e. The van der Waals surface area contributed by atoms with Crippen LogP contribution in [0.5, 0.6) is 5.75 Å². The molecule has 19 heavy (non-hydrogen) atoms. The molecule has 0 aliphatic heterocycles. The molecule has 0 fully saturated rings. The Hall–Kier alpha value is -1.00. The molecule has 1 N–H and O–H groups in total. The molecule has 0 bridgehead atoms. The number of thiophene rings is 1. The number of hydrogen-bond acceptors (Lipinski definition) is 3. The maximum Gasteiger partial charge on any atom is 0.121 e.